The summed E-state index contributed by atoms with van der Waals surface area (Å²) >= 11 is 0. The average Bonchev–Trinajstić information content (AvgIpc) is 3.17. The zero-order valence-electron chi connectivity index (χ0n) is 15.4. The molecule has 0 radical (unpaired) electrons. The second kappa shape index (κ2) is 8.10. The maximum atomic E-state index is 14.3. The van der Waals surface area contributed by atoms with Crippen molar-refractivity contribution in [2.45, 2.75) is 25.0 Å². The predicted molar refractivity (Wildman–Crippen MR) is 103 cm³/mol. The van der Waals surface area contributed by atoms with Crippen LogP contribution in [0.3, 0.4) is 0 Å². The Bertz CT molecular complexity index is 879. The van der Waals surface area contributed by atoms with E-state index in [1.54, 1.807) is 4.90 Å². The van der Waals surface area contributed by atoms with E-state index >= 15 is 0 Å². The fraction of sp³-hybridized carbons (Fsp3) is 0.318. The summed E-state index contributed by atoms with van der Waals surface area (Å²) in [6, 6.07) is 12.5. The molecule has 2 aromatic carbocycles. The van der Waals surface area contributed by atoms with Crippen LogP contribution in [0.25, 0.3) is 5.57 Å². The van der Waals surface area contributed by atoms with Gasteiger partial charge < -0.3 is 10.1 Å². The fourth-order valence-electron chi connectivity index (χ4n) is 3.76. The van der Waals surface area contributed by atoms with Crippen molar-refractivity contribution >= 4 is 11.7 Å². The van der Waals surface area contributed by atoms with Crippen LogP contribution in [0.5, 0.6) is 0 Å². The molecule has 0 aliphatic carbocycles. The monoisotopic (exact) mass is 384 g/mol. The third-order valence-electron chi connectivity index (χ3n) is 5.24. The van der Waals surface area contributed by atoms with Crippen LogP contribution in [0.15, 0.2) is 54.6 Å². The molecular weight excluding hydrogens is 362 g/mol. The van der Waals surface area contributed by atoms with Gasteiger partial charge in [0.25, 0.3) is 0 Å². The lowest BCUT2D eigenvalue weighted by Crippen LogP contribution is -2.39. The third-order valence-corrected chi connectivity index (χ3v) is 5.24. The zero-order valence-corrected chi connectivity index (χ0v) is 15.4. The summed E-state index contributed by atoms with van der Waals surface area (Å²) in [6.07, 6.45) is 2.81. The number of carbonyl (C=O) groups is 1. The summed E-state index contributed by atoms with van der Waals surface area (Å²) in [6.45, 7) is 1.81. The second-order valence-corrected chi connectivity index (χ2v) is 7.13. The highest BCUT2D eigenvalue weighted by Gasteiger charge is 2.34. The number of rotatable bonds is 3. The predicted octanol–water partition coefficient (Wildman–Crippen LogP) is 4.29. The molecule has 1 amide bonds. The molecule has 0 spiro atoms. The number of carbonyl (C=O) groups excluding carboxylic acids is 1. The lowest BCUT2D eigenvalue weighted by molar-refractivity contribution is 0.0482. The average molecular weight is 384 g/mol. The van der Waals surface area contributed by atoms with E-state index in [1.165, 1.54) is 6.07 Å². The zero-order chi connectivity index (χ0) is 19.5. The molecular formula is C22H22F2N2O2. The molecule has 1 N–H and O–H groups in total. The molecule has 2 aliphatic heterocycles. The number of benzene rings is 2. The lowest BCUT2D eigenvalue weighted by Gasteiger charge is -2.29. The van der Waals surface area contributed by atoms with Crippen molar-refractivity contribution in [3.05, 3.63) is 77.4 Å². The van der Waals surface area contributed by atoms with Crippen molar-refractivity contribution in [3.63, 3.8) is 0 Å². The molecule has 2 aliphatic rings. The van der Waals surface area contributed by atoms with Gasteiger partial charge in [-0.1, -0.05) is 36.4 Å². The van der Waals surface area contributed by atoms with E-state index in [0.717, 1.165) is 43.6 Å². The van der Waals surface area contributed by atoms with Gasteiger partial charge in [0.15, 0.2) is 0 Å². The third kappa shape index (κ3) is 3.92. The smallest absolute Gasteiger partial charge is 0.411 e. The summed E-state index contributed by atoms with van der Waals surface area (Å²) in [5.41, 5.74) is 1.66. The van der Waals surface area contributed by atoms with Crippen molar-refractivity contribution in [1.29, 1.82) is 0 Å². The van der Waals surface area contributed by atoms with Gasteiger partial charge in [-0.25, -0.2) is 13.6 Å². The van der Waals surface area contributed by atoms with Crippen molar-refractivity contribution in [3.8, 4) is 0 Å². The first kappa shape index (κ1) is 18.6. The highest BCUT2D eigenvalue weighted by atomic mass is 19.1. The van der Waals surface area contributed by atoms with E-state index in [2.05, 4.69) is 5.32 Å². The highest BCUT2D eigenvalue weighted by molar-refractivity contribution is 5.79. The van der Waals surface area contributed by atoms with Gasteiger partial charge in [0.2, 0.25) is 0 Å². The Morgan fingerprint density at radius 1 is 1.07 bits per heavy atom. The first-order valence-corrected chi connectivity index (χ1v) is 9.51. The Labute approximate surface area is 162 Å². The van der Waals surface area contributed by atoms with Crippen molar-refractivity contribution < 1.29 is 18.3 Å². The molecule has 1 fully saturated rings. The minimum Gasteiger partial charge on any atom is -0.446 e. The van der Waals surface area contributed by atoms with Gasteiger partial charge >= 0.3 is 6.09 Å². The molecule has 2 aromatic rings. The molecule has 0 unspecified atom stereocenters. The van der Waals surface area contributed by atoms with Crippen LogP contribution in [-0.2, 0) is 4.74 Å². The van der Waals surface area contributed by atoms with Crippen molar-refractivity contribution in [2.75, 3.05) is 19.6 Å². The molecule has 0 saturated carbocycles. The quantitative estimate of drug-likeness (QED) is 0.858. The number of hydrogen-bond donors (Lipinski definition) is 1. The van der Waals surface area contributed by atoms with E-state index in [9.17, 15) is 13.6 Å². The number of piperidine rings is 1. The van der Waals surface area contributed by atoms with Gasteiger partial charge in [-0.3, -0.25) is 4.90 Å². The van der Waals surface area contributed by atoms with E-state index in [0.29, 0.717) is 5.57 Å². The van der Waals surface area contributed by atoms with Crippen LogP contribution in [0.2, 0.25) is 0 Å². The van der Waals surface area contributed by atoms with E-state index < -0.39 is 17.7 Å². The van der Waals surface area contributed by atoms with Gasteiger partial charge in [-0.15, -0.1) is 0 Å². The second-order valence-electron chi connectivity index (χ2n) is 7.13. The number of nitrogens with zero attached hydrogens (tertiary/aromatic N) is 1. The lowest BCUT2D eigenvalue weighted by atomic mass is 10.0. The van der Waals surface area contributed by atoms with Crippen LogP contribution in [0.1, 0.15) is 30.0 Å². The molecule has 28 heavy (non-hydrogen) atoms. The first-order valence-electron chi connectivity index (χ1n) is 9.51. The largest absolute Gasteiger partial charge is 0.446 e. The molecule has 1 atom stereocenters. The van der Waals surface area contributed by atoms with E-state index in [1.807, 2.05) is 36.4 Å². The number of ether oxygens (including phenoxy) is 1. The number of amides is 1. The molecule has 0 aromatic heterocycles. The SMILES string of the molecule is O=C(OC1CCNCC1)N1CC(c2cc(F)ccc2F)=C[C@H]1c1ccccc1. The first-order chi connectivity index (χ1) is 13.6. The molecule has 1 saturated heterocycles. The van der Waals surface area contributed by atoms with Crippen LogP contribution < -0.4 is 5.32 Å². The molecule has 4 nitrogen and oxygen atoms in total. The topological polar surface area (TPSA) is 41.6 Å². The Kier molecular flexibility index (Phi) is 5.39. The number of halogens is 2. The summed E-state index contributed by atoms with van der Waals surface area (Å²) in [7, 11) is 0. The maximum absolute atomic E-state index is 14.3. The molecule has 4 rings (SSSR count). The summed E-state index contributed by atoms with van der Waals surface area (Å²) in [4.78, 5) is 14.5. The van der Waals surface area contributed by atoms with Crippen molar-refractivity contribution in [1.82, 2.24) is 10.2 Å². The Morgan fingerprint density at radius 3 is 2.57 bits per heavy atom. The van der Waals surface area contributed by atoms with Gasteiger partial charge in [-0.05, 0) is 55.3 Å². The maximum Gasteiger partial charge on any atom is 0.411 e. The highest BCUT2D eigenvalue weighted by Crippen LogP contribution is 2.36. The van der Waals surface area contributed by atoms with Crippen LogP contribution in [-0.4, -0.2) is 36.7 Å². The standard InChI is InChI=1S/C22H22F2N2O2/c23-17-6-7-20(24)19(13-17)16-12-21(15-4-2-1-3-5-15)26(14-16)22(27)28-18-8-10-25-11-9-18/h1-7,12-13,18,21,25H,8-11,14H2/t21-/m0/s1. The Morgan fingerprint density at radius 2 is 1.82 bits per heavy atom. The fourth-order valence-corrected chi connectivity index (χ4v) is 3.76. The Balaban J connectivity index is 1.62. The molecule has 6 heteroatoms. The summed E-state index contributed by atoms with van der Waals surface area (Å²) in [5, 5.41) is 3.24. The number of hydrogen-bond acceptors (Lipinski definition) is 3. The number of nitrogens with one attached hydrogen (secondary N) is 1. The van der Waals surface area contributed by atoms with Gasteiger partial charge in [-0.2, -0.15) is 0 Å². The van der Waals surface area contributed by atoms with Crippen LogP contribution in [0, 0.1) is 11.6 Å². The molecule has 146 valence electrons. The molecule has 0 bridgehead atoms. The van der Waals surface area contributed by atoms with Gasteiger partial charge in [0, 0.05) is 5.56 Å². The van der Waals surface area contributed by atoms with Gasteiger partial charge in [0.1, 0.15) is 17.7 Å². The minimum absolute atomic E-state index is 0.125. The summed E-state index contributed by atoms with van der Waals surface area (Å²) < 4.78 is 33.7. The van der Waals surface area contributed by atoms with Crippen molar-refractivity contribution in [2.24, 2.45) is 0 Å². The normalized spacial score (nSPS) is 20.1. The van der Waals surface area contributed by atoms with Gasteiger partial charge in [0.05, 0.1) is 12.6 Å². The Hall–Kier alpha value is -2.73. The summed E-state index contributed by atoms with van der Waals surface area (Å²) in [5.74, 6) is -1.02. The van der Waals surface area contributed by atoms with Crippen LogP contribution >= 0.6 is 0 Å². The van der Waals surface area contributed by atoms with E-state index in [-0.39, 0.29) is 24.3 Å². The van der Waals surface area contributed by atoms with E-state index in [4.69, 9.17) is 4.74 Å². The minimum atomic E-state index is -0.510. The van der Waals surface area contributed by atoms with Crippen LogP contribution in [0.4, 0.5) is 13.6 Å². The molecule has 2 heterocycles.